The quantitative estimate of drug-likeness (QED) is 0.189. The number of hydrogen-bond acceptors (Lipinski definition) is 4. The van der Waals surface area contributed by atoms with Crippen LogP contribution in [0.3, 0.4) is 0 Å². The van der Waals surface area contributed by atoms with Gasteiger partial charge in [0.1, 0.15) is 0 Å². The number of hydrogen-bond donors (Lipinski definition) is 1. The van der Waals surface area contributed by atoms with Crippen LogP contribution in [0.15, 0.2) is 118 Å². The van der Waals surface area contributed by atoms with E-state index in [-0.39, 0.29) is 5.92 Å². The van der Waals surface area contributed by atoms with Crippen LogP contribution in [-0.2, 0) is 13.0 Å². The molecule has 1 saturated carbocycles. The molecule has 43 heavy (non-hydrogen) atoms. The third kappa shape index (κ3) is 7.51. The normalized spacial score (nSPS) is 22.1. The Morgan fingerprint density at radius 2 is 1.77 bits per heavy atom. The Labute approximate surface area is 264 Å². The Morgan fingerprint density at radius 1 is 0.930 bits per heavy atom. The van der Waals surface area contributed by atoms with Crippen LogP contribution in [0.1, 0.15) is 72.0 Å². The van der Waals surface area contributed by atoms with E-state index in [9.17, 15) is 4.79 Å². The van der Waals surface area contributed by atoms with E-state index in [0.717, 1.165) is 67.2 Å². The van der Waals surface area contributed by atoms with Gasteiger partial charge in [-0.25, -0.2) is 0 Å². The zero-order chi connectivity index (χ0) is 29.4. The second-order valence-electron chi connectivity index (χ2n) is 12.2. The first kappa shape index (κ1) is 29.5. The summed E-state index contributed by atoms with van der Waals surface area (Å²) in [5.74, 6) is 1.51. The van der Waals surface area contributed by atoms with Crippen molar-refractivity contribution in [3.8, 4) is 0 Å². The number of pyridine rings is 1. The third-order valence-corrected chi connectivity index (χ3v) is 10.00. The Morgan fingerprint density at radius 3 is 2.63 bits per heavy atom. The van der Waals surface area contributed by atoms with Crippen LogP contribution < -0.4 is 5.32 Å². The number of fused-ring (bicyclic) bond motifs is 1. The van der Waals surface area contributed by atoms with Gasteiger partial charge in [0.25, 0.3) is 0 Å². The summed E-state index contributed by atoms with van der Waals surface area (Å²) in [6.07, 6.45) is 18.7. The molecule has 4 nitrogen and oxygen atoms in total. The number of carbonyl (C=O) groups excluding carboxylic acids is 1. The van der Waals surface area contributed by atoms with Gasteiger partial charge in [0.2, 0.25) is 0 Å². The van der Waals surface area contributed by atoms with Gasteiger partial charge in [-0.1, -0.05) is 73.2 Å². The number of nitrogens with one attached hydrogen (secondary N) is 1. The predicted molar refractivity (Wildman–Crippen MR) is 179 cm³/mol. The molecule has 2 aromatic carbocycles. The van der Waals surface area contributed by atoms with E-state index < -0.39 is 0 Å². The highest BCUT2D eigenvalue weighted by molar-refractivity contribution is 9.12. The summed E-state index contributed by atoms with van der Waals surface area (Å²) in [7, 11) is 0. The number of aliphatic imine (C=N–C) groups is 1. The lowest BCUT2D eigenvalue weighted by molar-refractivity contribution is 0.0956. The number of benzene rings is 2. The minimum atomic E-state index is 0.261. The molecule has 0 spiro atoms. The Bertz CT molecular complexity index is 1540. The molecule has 2 heterocycles. The number of Topliss-reactive ketones (excluding diaryl/α,β-unsaturated/α-hetero) is 1. The SMILES string of the molecule is O=C(CC1CCCC(C2=CCC3=C(Br)C=NCC3C(NCc3cccnc3)=C2)CC1)c1ccccc1Cc1ccccc1. The molecule has 3 atom stereocenters. The smallest absolute Gasteiger partial charge is 0.163 e. The van der Waals surface area contributed by atoms with Gasteiger partial charge in [0, 0.05) is 53.2 Å². The fourth-order valence-electron chi connectivity index (χ4n) is 6.91. The average Bonchev–Trinajstić information content (AvgIpc) is 3.38. The van der Waals surface area contributed by atoms with Crippen molar-refractivity contribution in [1.29, 1.82) is 0 Å². The zero-order valence-electron chi connectivity index (χ0n) is 24.7. The lowest BCUT2D eigenvalue weighted by atomic mass is 9.87. The van der Waals surface area contributed by atoms with Crippen LogP contribution in [0.4, 0.5) is 0 Å². The summed E-state index contributed by atoms with van der Waals surface area (Å²) in [6, 6.07) is 22.8. The highest BCUT2D eigenvalue weighted by atomic mass is 79.9. The van der Waals surface area contributed by atoms with Crippen molar-refractivity contribution >= 4 is 27.9 Å². The largest absolute Gasteiger partial charge is 0.384 e. The molecule has 0 radical (unpaired) electrons. The Balaban J connectivity index is 1.14. The molecule has 220 valence electrons. The molecule has 0 amide bonds. The molecule has 1 aliphatic heterocycles. The van der Waals surface area contributed by atoms with Crippen LogP contribution in [0.5, 0.6) is 0 Å². The summed E-state index contributed by atoms with van der Waals surface area (Å²) in [5.41, 5.74) is 8.55. The monoisotopic (exact) mass is 633 g/mol. The van der Waals surface area contributed by atoms with Gasteiger partial charge in [-0.3, -0.25) is 14.8 Å². The number of dihydropyridines is 1. The summed E-state index contributed by atoms with van der Waals surface area (Å²) in [4.78, 5) is 22.6. The van der Waals surface area contributed by atoms with Crippen LogP contribution in [0.2, 0.25) is 0 Å². The number of nitrogens with zero attached hydrogens (tertiary/aromatic N) is 2. The van der Waals surface area contributed by atoms with E-state index in [0.29, 0.717) is 24.0 Å². The van der Waals surface area contributed by atoms with E-state index in [2.05, 4.69) is 85.8 Å². The standard InChI is InChI=1S/C38H40BrN3O/c39-36-26-41-25-35-34(36)18-17-31(22-37(35)42-24-29-11-7-19-40-23-29)30-13-6-10-28(15-16-30)21-38(43)33-14-5-4-12-32(33)20-27-8-2-1-3-9-27/h1-5,7-9,11-12,14,17,19,22-23,26,28,30,35,42H,6,10,13,15-16,18,20-21,24-25H2. The molecule has 1 fully saturated rings. The highest BCUT2D eigenvalue weighted by Gasteiger charge is 2.29. The van der Waals surface area contributed by atoms with Crippen LogP contribution >= 0.6 is 15.9 Å². The number of rotatable bonds is 9. The van der Waals surface area contributed by atoms with Crippen molar-refractivity contribution in [3.63, 3.8) is 0 Å². The summed E-state index contributed by atoms with van der Waals surface area (Å²) in [5, 5.41) is 3.76. The molecule has 3 aromatic rings. The first-order chi connectivity index (χ1) is 21.1. The van der Waals surface area contributed by atoms with Gasteiger partial charge in [-0.05, 0) is 106 Å². The van der Waals surface area contributed by atoms with Crippen molar-refractivity contribution < 1.29 is 4.79 Å². The Kier molecular flexibility index (Phi) is 9.79. The van der Waals surface area contributed by atoms with Crippen molar-refractivity contribution in [1.82, 2.24) is 10.3 Å². The van der Waals surface area contributed by atoms with Crippen molar-refractivity contribution in [2.75, 3.05) is 6.54 Å². The number of carbonyl (C=O) groups is 1. The lowest BCUT2D eigenvalue weighted by Gasteiger charge is -2.25. The second kappa shape index (κ2) is 14.3. The van der Waals surface area contributed by atoms with Gasteiger partial charge in [0.05, 0.1) is 6.54 Å². The fourth-order valence-corrected chi connectivity index (χ4v) is 7.49. The van der Waals surface area contributed by atoms with Crippen LogP contribution in [0.25, 0.3) is 0 Å². The molecular formula is C38H40BrN3O. The van der Waals surface area contributed by atoms with E-state index in [1.165, 1.54) is 34.4 Å². The summed E-state index contributed by atoms with van der Waals surface area (Å²) in [6.45, 7) is 1.52. The molecule has 3 aliphatic rings. The first-order valence-electron chi connectivity index (χ1n) is 15.7. The number of ketones is 1. The zero-order valence-corrected chi connectivity index (χ0v) is 26.3. The molecule has 5 heteroatoms. The van der Waals surface area contributed by atoms with E-state index >= 15 is 0 Å². The minimum Gasteiger partial charge on any atom is -0.384 e. The van der Waals surface area contributed by atoms with Gasteiger partial charge < -0.3 is 5.32 Å². The maximum absolute atomic E-state index is 13.6. The first-order valence-corrected chi connectivity index (χ1v) is 16.5. The number of halogens is 1. The van der Waals surface area contributed by atoms with Gasteiger partial charge in [-0.15, -0.1) is 0 Å². The molecule has 1 N–H and O–H groups in total. The van der Waals surface area contributed by atoms with E-state index in [4.69, 9.17) is 0 Å². The lowest BCUT2D eigenvalue weighted by Crippen LogP contribution is -2.25. The number of allylic oxidation sites excluding steroid dienone is 4. The van der Waals surface area contributed by atoms with E-state index in [1.54, 1.807) is 0 Å². The summed E-state index contributed by atoms with van der Waals surface area (Å²) < 4.78 is 1.11. The molecule has 3 unspecified atom stereocenters. The van der Waals surface area contributed by atoms with Gasteiger partial charge in [-0.2, -0.15) is 0 Å². The molecule has 0 saturated heterocycles. The van der Waals surface area contributed by atoms with Crippen LogP contribution in [0, 0.1) is 17.8 Å². The van der Waals surface area contributed by atoms with Crippen molar-refractivity contribution in [3.05, 3.63) is 135 Å². The fraction of sp³-hybridized carbons (Fsp3) is 0.342. The minimum absolute atomic E-state index is 0.261. The molecule has 1 aromatic heterocycles. The van der Waals surface area contributed by atoms with Gasteiger partial charge in [0.15, 0.2) is 5.78 Å². The number of aromatic nitrogens is 1. The van der Waals surface area contributed by atoms with E-state index in [1.807, 2.05) is 42.9 Å². The molecular weight excluding hydrogens is 594 g/mol. The van der Waals surface area contributed by atoms with Crippen molar-refractivity contribution in [2.24, 2.45) is 22.7 Å². The maximum atomic E-state index is 13.6. The second-order valence-corrected chi connectivity index (χ2v) is 13.0. The highest BCUT2D eigenvalue weighted by Crippen LogP contribution is 2.39. The molecule has 2 aliphatic carbocycles. The van der Waals surface area contributed by atoms with Crippen LogP contribution in [-0.4, -0.2) is 23.5 Å². The third-order valence-electron chi connectivity index (χ3n) is 9.28. The topological polar surface area (TPSA) is 54.4 Å². The van der Waals surface area contributed by atoms with Crippen molar-refractivity contribution in [2.45, 2.75) is 57.9 Å². The predicted octanol–water partition coefficient (Wildman–Crippen LogP) is 8.80. The van der Waals surface area contributed by atoms with Gasteiger partial charge >= 0.3 is 0 Å². The Hall–Kier alpha value is -3.57. The molecule has 6 rings (SSSR count). The summed E-state index contributed by atoms with van der Waals surface area (Å²) >= 11 is 3.79. The average molecular weight is 635 g/mol. The maximum Gasteiger partial charge on any atom is 0.163 e. The molecule has 0 bridgehead atoms.